The summed E-state index contributed by atoms with van der Waals surface area (Å²) >= 11 is 0. The average Bonchev–Trinajstić information content (AvgIpc) is 3.57. The summed E-state index contributed by atoms with van der Waals surface area (Å²) in [5.41, 5.74) is 12.6. The fourth-order valence-corrected chi connectivity index (χ4v) is 7.63. The third kappa shape index (κ3) is 4.80. The van der Waals surface area contributed by atoms with Gasteiger partial charge in [0.15, 0.2) is 0 Å². The van der Waals surface area contributed by atoms with Crippen molar-refractivity contribution in [1.29, 1.82) is 0 Å². The minimum atomic E-state index is -1.69. The third-order valence-corrected chi connectivity index (χ3v) is 10.2. The summed E-state index contributed by atoms with van der Waals surface area (Å²) in [5.74, 6) is 0.516. The largest absolute Gasteiger partial charge is 0.471 e. The summed E-state index contributed by atoms with van der Waals surface area (Å²) in [5, 5.41) is 2.36. The number of hydrogen-bond donors (Lipinski definition) is 0. The number of pyridine rings is 1. The van der Waals surface area contributed by atoms with Crippen molar-refractivity contribution in [2.75, 3.05) is 0 Å². The van der Waals surface area contributed by atoms with Crippen molar-refractivity contribution in [2.24, 2.45) is 4.99 Å². The maximum atomic E-state index is 9.41. The first-order valence-electron chi connectivity index (χ1n) is 17.7. The van der Waals surface area contributed by atoms with E-state index in [1.807, 2.05) is 26.1 Å². The van der Waals surface area contributed by atoms with Gasteiger partial charge in [-0.3, -0.25) is 4.98 Å². The lowest BCUT2D eigenvalue weighted by Crippen LogP contribution is -2.42. The molecule has 3 heterocycles. The normalized spacial score (nSPS) is 20.8. The van der Waals surface area contributed by atoms with Crippen LogP contribution in [0.3, 0.4) is 0 Å². The third-order valence-electron chi connectivity index (χ3n) is 10.2. The van der Waals surface area contributed by atoms with E-state index in [4.69, 9.17) is 14.7 Å². The molecule has 0 bridgehead atoms. The van der Waals surface area contributed by atoms with Crippen LogP contribution in [0.5, 0.6) is 0 Å². The highest BCUT2D eigenvalue weighted by Gasteiger charge is 2.46. The van der Waals surface area contributed by atoms with Gasteiger partial charge < -0.3 is 9.30 Å². The summed E-state index contributed by atoms with van der Waals surface area (Å²) < 4.78 is 27.9. The van der Waals surface area contributed by atoms with Gasteiger partial charge in [-0.25, -0.2) is 4.99 Å². The molecular formula is C43H43N3O. The molecule has 4 heteroatoms. The molecular weight excluding hydrogens is 574 g/mol. The predicted molar refractivity (Wildman–Crippen MR) is 195 cm³/mol. The number of rotatable bonds is 3. The lowest BCUT2D eigenvalue weighted by atomic mass is 9.76. The number of aliphatic imine (C=N–C) groups is 1. The number of aryl methyl sites for hydroxylation is 4. The van der Waals surface area contributed by atoms with E-state index < -0.39 is 18.0 Å². The van der Waals surface area contributed by atoms with Crippen LogP contribution >= 0.6 is 0 Å². The summed E-state index contributed by atoms with van der Waals surface area (Å²) in [4.78, 5) is 9.93. The first kappa shape index (κ1) is 27.4. The van der Waals surface area contributed by atoms with E-state index in [1.54, 1.807) is 0 Å². The molecule has 0 amide bonds. The van der Waals surface area contributed by atoms with Crippen molar-refractivity contribution in [3.05, 3.63) is 130 Å². The Balaban J connectivity index is 1.29. The highest BCUT2D eigenvalue weighted by molar-refractivity contribution is 6.10. The van der Waals surface area contributed by atoms with Crippen molar-refractivity contribution in [2.45, 2.75) is 85.2 Å². The van der Waals surface area contributed by atoms with Crippen LogP contribution < -0.4 is 0 Å². The predicted octanol–water partition coefficient (Wildman–Crippen LogP) is 10.1. The van der Waals surface area contributed by atoms with Crippen molar-refractivity contribution < 1.29 is 7.48 Å². The molecule has 6 aromatic rings. The van der Waals surface area contributed by atoms with E-state index in [0.717, 1.165) is 66.9 Å². The van der Waals surface area contributed by atoms with Gasteiger partial charge >= 0.3 is 0 Å². The first-order valence-corrected chi connectivity index (χ1v) is 16.7. The van der Waals surface area contributed by atoms with Crippen molar-refractivity contribution >= 4 is 27.7 Å². The Morgan fingerprint density at radius 1 is 0.851 bits per heavy atom. The molecule has 0 saturated carbocycles. The number of benzene rings is 4. The Morgan fingerprint density at radius 2 is 1.64 bits per heavy atom. The molecule has 1 aliphatic carbocycles. The number of nitrogens with zero attached hydrogens (tertiary/aromatic N) is 3. The van der Waals surface area contributed by atoms with Crippen molar-refractivity contribution in [3.8, 4) is 16.9 Å². The minimum Gasteiger partial charge on any atom is -0.471 e. The zero-order chi connectivity index (χ0) is 34.6. The highest BCUT2D eigenvalue weighted by atomic mass is 16.5. The first-order chi connectivity index (χ1) is 23.2. The standard InChI is InChI=1S/C43H43N3O/c1-25-17-26(2)34-23-40-43(8,24-30(34)18-25)45-41(47-40)35-22-38(28(4)19-27(35)3)46-37-12-10-9-11-32(37)33-14-13-29(20-39(33)46)36-21-31(15-16-44-36)42(5,6)7/h9-22,40H,23-24H2,1-8H3/t40-,43-/m0/s1/i24D2. The molecule has 47 heavy (non-hydrogen) atoms. The van der Waals surface area contributed by atoms with Crippen LogP contribution in [-0.2, 0) is 22.9 Å². The van der Waals surface area contributed by atoms with Crippen LogP contribution in [0.1, 0.15) is 74.9 Å². The zero-order valence-corrected chi connectivity index (χ0v) is 28.6. The maximum Gasteiger partial charge on any atom is 0.217 e. The van der Waals surface area contributed by atoms with Gasteiger partial charge in [-0.15, -0.1) is 0 Å². The second kappa shape index (κ2) is 10.4. The number of hydrogen-bond acceptors (Lipinski definition) is 3. The molecule has 2 atom stereocenters. The van der Waals surface area contributed by atoms with Crippen LogP contribution in [0.2, 0.25) is 0 Å². The second-order valence-electron chi connectivity index (χ2n) is 14.8. The molecule has 1 aliphatic heterocycles. The van der Waals surface area contributed by atoms with Gasteiger partial charge in [0.05, 0.1) is 16.7 Å². The van der Waals surface area contributed by atoms with E-state index >= 15 is 0 Å². The number of ether oxygens (including phenoxy) is 1. The Labute approximate surface area is 281 Å². The SMILES string of the molecule is [2H]C1([2H])c2cc(C)cc(C)c2C[C@@H]2OC(c3cc(-n4c5ccccc5c5ccc(-c6cc(C(C)(C)C)ccn6)cc54)c(C)cc3C)=N[C@]21C. The average molecular weight is 620 g/mol. The Hall–Kier alpha value is -4.70. The van der Waals surface area contributed by atoms with Crippen LogP contribution in [0, 0.1) is 27.7 Å². The van der Waals surface area contributed by atoms with Gasteiger partial charge in [-0.2, -0.15) is 0 Å². The lowest BCUT2D eigenvalue weighted by Gasteiger charge is -2.34. The molecule has 0 fully saturated rings. The van der Waals surface area contributed by atoms with E-state index in [2.05, 4.69) is 119 Å². The van der Waals surface area contributed by atoms with E-state index in [1.165, 1.54) is 16.3 Å². The van der Waals surface area contributed by atoms with Gasteiger partial charge in [-0.05, 0) is 104 Å². The summed E-state index contributed by atoms with van der Waals surface area (Å²) in [6.45, 7) is 17.0. The van der Waals surface area contributed by atoms with Gasteiger partial charge in [0.2, 0.25) is 5.90 Å². The molecule has 8 rings (SSSR count). The molecule has 4 nitrogen and oxygen atoms in total. The summed E-state index contributed by atoms with van der Waals surface area (Å²) in [6, 6.07) is 28.1. The number of para-hydroxylation sites is 1. The monoisotopic (exact) mass is 619 g/mol. The van der Waals surface area contributed by atoms with Gasteiger partial charge in [0.25, 0.3) is 0 Å². The molecule has 4 aromatic carbocycles. The van der Waals surface area contributed by atoms with Gasteiger partial charge in [0, 0.05) is 49.3 Å². The molecule has 0 N–H and O–H groups in total. The Bertz CT molecular complexity index is 2380. The van der Waals surface area contributed by atoms with Gasteiger partial charge in [-0.1, -0.05) is 74.9 Å². The Kier molecular flexibility index (Phi) is 6.07. The zero-order valence-electron chi connectivity index (χ0n) is 30.6. The molecule has 0 unspecified atom stereocenters. The number of aromatic nitrogens is 2. The van der Waals surface area contributed by atoms with Crippen molar-refractivity contribution in [3.63, 3.8) is 0 Å². The van der Waals surface area contributed by atoms with E-state index in [-0.39, 0.29) is 5.41 Å². The maximum absolute atomic E-state index is 9.41. The van der Waals surface area contributed by atoms with Crippen LogP contribution in [-0.4, -0.2) is 27.1 Å². The Morgan fingerprint density at radius 3 is 2.45 bits per heavy atom. The minimum absolute atomic E-state index is 0.0197. The van der Waals surface area contributed by atoms with Crippen LogP contribution in [0.4, 0.5) is 0 Å². The highest BCUT2D eigenvalue weighted by Crippen LogP contribution is 2.42. The lowest BCUT2D eigenvalue weighted by molar-refractivity contribution is 0.136. The van der Waals surface area contributed by atoms with Crippen molar-refractivity contribution in [1.82, 2.24) is 9.55 Å². The fraction of sp³-hybridized carbons (Fsp3) is 0.302. The second-order valence-corrected chi connectivity index (χ2v) is 14.8. The quantitative estimate of drug-likeness (QED) is 0.198. The summed E-state index contributed by atoms with van der Waals surface area (Å²) in [7, 11) is 0. The van der Waals surface area contributed by atoms with E-state index in [0.29, 0.717) is 12.3 Å². The fourth-order valence-electron chi connectivity index (χ4n) is 7.63. The van der Waals surface area contributed by atoms with Crippen LogP contribution in [0.15, 0.2) is 90.1 Å². The summed E-state index contributed by atoms with van der Waals surface area (Å²) in [6.07, 6.45) is 0.452. The van der Waals surface area contributed by atoms with Gasteiger partial charge in [0.1, 0.15) is 11.6 Å². The molecule has 2 aromatic heterocycles. The molecule has 2 aliphatic rings. The smallest absolute Gasteiger partial charge is 0.217 e. The molecule has 0 radical (unpaired) electrons. The molecule has 0 saturated heterocycles. The van der Waals surface area contributed by atoms with E-state index in [9.17, 15) is 2.74 Å². The molecule has 236 valence electrons. The number of fused-ring (bicyclic) bond motifs is 5. The topological polar surface area (TPSA) is 39.4 Å². The van der Waals surface area contributed by atoms with Crippen LogP contribution in [0.25, 0.3) is 38.8 Å². The molecule has 0 spiro atoms.